The third-order valence-electron chi connectivity index (χ3n) is 2.84. The summed E-state index contributed by atoms with van der Waals surface area (Å²) < 4.78 is 7.50. The van der Waals surface area contributed by atoms with E-state index in [1.54, 1.807) is 13.3 Å². The van der Waals surface area contributed by atoms with Crippen molar-refractivity contribution in [3.8, 4) is 0 Å². The predicted octanol–water partition coefficient (Wildman–Crippen LogP) is 1.35. The third kappa shape index (κ3) is 3.06. The second kappa shape index (κ2) is 4.97. The van der Waals surface area contributed by atoms with E-state index in [0.29, 0.717) is 0 Å². The lowest BCUT2D eigenvalue weighted by molar-refractivity contribution is -0.00216. The van der Waals surface area contributed by atoms with Gasteiger partial charge in [0.2, 0.25) is 0 Å². The van der Waals surface area contributed by atoms with Crippen molar-refractivity contribution in [1.82, 2.24) is 9.55 Å². The molecule has 0 radical (unpaired) electrons. The quantitative estimate of drug-likeness (QED) is 0.841. The first kappa shape index (κ1) is 13.2. The van der Waals surface area contributed by atoms with Crippen LogP contribution < -0.4 is 5.73 Å². The van der Waals surface area contributed by atoms with Gasteiger partial charge in [-0.1, -0.05) is 20.8 Å². The topological polar surface area (TPSA) is 53.1 Å². The Morgan fingerprint density at radius 1 is 1.50 bits per heavy atom. The Morgan fingerprint density at radius 2 is 2.12 bits per heavy atom. The fourth-order valence-corrected chi connectivity index (χ4v) is 2.08. The van der Waals surface area contributed by atoms with Crippen molar-refractivity contribution in [2.75, 3.05) is 7.11 Å². The molecule has 4 heteroatoms. The van der Waals surface area contributed by atoms with E-state index in [4.69, 9.17) is 10.5 Å². The first-order valence-corrected chi connectivity index (χ1v) is 5.61. The van der Waals surface area contributed by atoms with Gasteiger partial charge < -0.3 is 15.0 Å². The summed E-state index contributed by atoms with van der Waals surface area (Å²) in [5, 5.41) is 0. The lowest BCUT2D eigenvalue weighted by atomic mass is 9.83. The van der Waals surface area contributed by atoms with Crippen LogP contribution in [-0.2, 0) is 18.2 Å². The van der Waals surface area contributed by atoms with Gasteiger partial charge in [-0.15, -0.1) is 0 Å². The zero-order valence-corrected chi connectivity index (χ0v) is 10.9. The minimum absolute atomic E-state index is 0.0317. The van der Waals surface area contributed by atoms with Crippen molar-refractivity contribution in [2.45, 2.75) is 39.3 Å². The largest absolute Gasteiger partial charge is 0.379 e. The Balaban J connectivity index is 2.71. The molecule has 0 saturated carbocycles. The molecule has 0 aliphatic rings. The highest BCUT2D eigenvalue weighted by Gasteiger charge is 2.30. The maximum absolute atomic E-state index is 6.20. The molecule has 1 rings (SSSR count). The molecule has 92 valence electrons. The molecule has 0 bridgehead atoms. The summed E-state index contributed by atoms with van der Waals surface area (Å²) in [5.41, 5.74) is 6.24. The fourth-order valence-electron chi connectivity index (χ4n) is 2.08. The molecule has 0 amide bonds. The van der Waals surface area contributed by atoms with E-state index in [1.807, 2.05) is 17.8 Å². The number of imidazole rings is 1. The number of rotatable bonds is 4. The Labute approximate surface area is 97.8 Å². The number of hydrogen-bond acceptors (Lipinski definition) is 3. The molecule has 2 atom stereocenters. The lowest BCUT2D eigenvalue weighted by Crippen LogP contribution is -2.46. The summed E-state index contributed by atoms with van der Waals surface area (Å²) in [7, 11) is 3.70. The number of aryl methyl sites for hydroxylation is 1. The number of hydrogen-bond donors (Lipinski definition) is 1. The van der Waals surface area contributed by atoms with Crippen molar-refractivity contribution >= 4 is 0 Å². The molecule has 2 N–H and O–H groups in total. The number of methoxy groups -OCH3 is 1. The summed E-state index contributed by atoms with van der Waals surface area (Å²) in [6.07, 6.45) is 4.49. The van der Waals surface area contributed by atoms with Gasteiger partial charge in [0.25, 0.3) is 0 Å². The summed E-state index contributed by atoms with van der Waals surface area (Å²) >= 11 is 0. The number of ether oxygens (including phenoxy) is 1. The van der Waals surface area contributed by atoms with Crippen molar-refractivity contribution < 1.29 is 4.74 Å². The van der Waals surface area contributed by atoms with Gasteiger partial charge in [-0.25, -0.2) is 4.98 Å². The number of nitrogens with two attached hydrogens (primary N) is 1. The minimum Gasteiger partial charge on any atom is -0.379 e. The van der Waals surface area contributed by atoms with Crippen molar-refractivity contribution in [1.29, 1.82) is 0 Å². The Kier molecular flexibility index (Phi) is 4.10. The van der Waals surface area contributed by atoms with Crippen LogP contribution >= 0.6 is 0 Å². The van der Waals surface area contributed by atoms with Gasteiger partial charge in [0, 0.05) is 39.0 Å². The number of nitrogens with zero attached hydrogens (tertiary/aromatic N) is 2. The van der Waals surface area contributed by atoms with Crippen molar-refractivity contribution in [3.05, 3.63) is 18.2 Å². The van der Waals surface area contributed by atoms with Crippen molar-refractivity contribution in [3.63, 3.8) is 0 Å². The van der Waals surface area contributed by atoms with Crippen LogP contribution in [0.4, 0.5) is 0 Å². The molecule has 0 fully saturated rings. The summed E-state index contributed by atoms with van der Waals surface area (Å²) in [4.78, 5) is 4.28. The predicted molar refractivity (Wildman–Crippen MR) is 65.1 cm³/mol. The van der Waals surface area contributed by atoms with Gasteiger partial charge >= 0.3 is 0 Å². The Bertz CT molecular complexity index is 327. The van der Waals surface area contributed by atoms with E-state index in [1.165, 1.54) is 0 Å². The van der Waals surface area contributed by atoms with E-state index in [0.717, 1.165) is 12.2 Å². The summed E-state index contributed by atoms with van der Waals surface area (Å²) in [6.45, 7) is 6.42. The van der Waals surface area contributed by atoms with Crippen LogP contribution in [0.5, 0.6) is 0 Å². The Hall–Kier alpha value is -0.870. The maximum Gasteiger partial charge on any atom is 0.110 e. The molecule has 0 saturated heterocycles. The van der Waals surface area contributed by atoms with Gasteiger partial charge in [-0.3, -0.25) is 0 Å². The second-order valence-electron chi connectivity index (χ2n) is 5.34. The first-order chi connectivity index (χ1) is 7.36. The van der Waals surface area contributed by atoms with Gasteiger partial charge in [-0.05, 0) is 5.41 Å². The third-order valence-corrected chi connectivity index (χ3v) is 2.84. The van der Waals surface area contributed by atoms with Crippen LogP contribution in [0.15, 0.2) is 12.4 Å². The second-order valence-corrected chi connectivity index (χ2v) is 5.34. The SMILES string of the molecule is COC(C(N)Cc1nccn1C)C(C)(C)C. The standard InChI is InChI=1S/C12H23N3O/c1-12(2,3)11(16-5)9(13)8-10-14-6-7-15(10)4/h6-7,9,11H,8,13H2,1-5H3. The monoisotopic (exact) mass is 225 g/mol. The van der Waals surface area contributed by atoms with E-state index in [9.17, 15) is 0 Å². The normalized spacial score (nSPS) is 16.1. The molecule has 0 spiro atoms. The molecule has 16 heavy (non-hydrogen) atoms. The minimum atomic E-state index is -0.0360. The van der Waals surface area contributed by atoms with Crippen LogP contribution in [0.3, 0.4) is 0 Å². The fraction of sp³-hybridized carbons (Fsp3) is 0.750. The summed E-state index contributed by atoms with van der Waals surface area (Å²) in [5.74, 6) is 0.999. The smallest absolute Gasteiger partial charge is 0.110 e. The highest BCUT2D eigenvalue weighted by molar-refractivity contribution is 4.97. The van der Waals surface area contributed by atoms with Crippen molar-refractivity contribution in [2.24, 2.45) is 18.2 Å². The first-order valence-electron chi connectivity index (χ1n) is 5.61. The van der Waals surface area contributed by atoms with Crippen LogP contribution in [-0.4, -0.2) is 28.8 Å². The van der Waals surface area contributed by atoms with E-state index in [2.05, 4.69) is 25.8 Å². The summed E-state index contributed by atoms with van der Waals surface area (Å²) in [6, 6.07) is -0.0360. The maximum atomic E-state index is 6.20. The molecular weight excluding hydrogens is 202 g/mol. The van der Waals surface area contributed by atoms with Crippen LogP contribution in [0.2, 0.25) is 0 Å². The highest BCUT2D eigenvalue weighted by atomic mass is 16.5. The van der Waals surface area contributed by atoms with Gasteiger partial charge in [0.1, 0.15) is 5.82 Å². The Morgan fingerprint density at radius 3 is 2.50 bits per heavy atom. The molecule has 2 unspecified atom stereocenters. The molecule has 4 nitrogen and oxygen atoms in total. The zero-order valence-electron chi connectivity index (χ0n) is 10.9. The lowest BCUT2D eigenvalue weighted by Gasteiger charge is -2.33. The molecule has 0 aliphatic heterocycles. The highest BCUT2D eigenvalue weighted by Crippen LogP contribution is 2.24. The van der Waals surface area contributed by atoms with Gasteiger partial charge in [-0.2, -0.15) is 0 Å². The molecular formula is C12H23N3O. The zero-order chi connectivity index (χ0) is 12.3. The molecule has 1 aromatic heterocycles. The molecule has 1 aromatic rings. The molecule has 1 heterocycles. The average Bonchev–Trinajstić information content (AvgIpc) is 2.50. The van der Waals surface area contributed by atoms with E-state index in [-0.39, 0.29) is 17.6 Å². The van der Waals surface area contributed by atoms with E-state index < -0.39 is 0 Å². The van der Waals surface area contributed by atoms with E-state index >= 15 is 0 Å². The van der Waals surface area contributed by atoms with Crippen LogP contribution in [0, 0.1) is 5.41 Å². The van der Waals surface area contributed by atoms with Crippen LogP contribution in [0.25, 0.3) is 0 Å². The van der Waals surface area contributed by atoms with Gasteiger partial charge in [0.15, 0.2) is 0 Å². The van der Waals surface area contributed by atoms with Gasteiger partial charge in [0.05, 0.1) is 6.10 Å². The number of aromatic nitrogens is 2. The average molecular weight is 225 g/mol. The van der Waals surface area contributed by atoms with Crippen LogP contribution in [0.1, 0.15) is 26.6 Å². The molecule has 0 aliphatic carbocycles. The molecule has 0 aromatic carbocycles.